The number of carbonyl (C=O) groups is 1. The molecule has 0 bridgehead atoms. The SMILES string of the molecule is CCNC(=O)CC(C)Cl. The van der Waals surface area contributed by atoms with Crippen LogP contribution in [0.1, 0.15) is 20.3 Å². The van der Waals surface area contributed by atoms with E-state index in [4.69, 9.17) is 11.6 Å². The molecule has 0 heterocycles. The minimum atomic E-state index is -0.0588. The molecule has 0 aromatic heterocycles. The fraction of sp³-hybridized carbons (Fsp3) is 0.833. The first-order chi connectivity index (χ1) is 4.16. The van der Waals surface area contributed by atoms with Gasteiger partial charge in [0.25, 0.3) is 0 Å². The predicted molar refractivity (Wildman–Crippen MR) is 38.6 cm³/mol. The first-order valence-electron chi connectivity index (χ1n) is 3.07. The zero-order valence-corrected chi connectivity index (χ0v) is 6.53. The van der Waals surface area contributed by atoms with Crippen LogP contribution in [0.2, 0.25) is 0 Å². The third kappa shape index (κ3) is 5.63. The van der Waals surface area contributed by atoms with Crippen molar-refractivity contribution in [2.24, 2.45) is 0 Å². The Morgan fingerprint density at radius 3 is 2.67 bits per heavy atom. The molecule has 0 aliphatic heterocycles. The third-order valence-electron chi connectivity index (χ3n) is 0.841. The Bertz CT molecular complexity index is 93.1. The van der Waals surface area contributed by atoms with E-state index < -0.39 is 0 Å². The van der Waals surface area contributed by atoms with E-state index in [-0.39, 0.29) is 11.3 Å². The van der Waals surface area contributed by atoms with Gasteiger partial charge in [-0.1, -0.05) is 0 Å². The van der Waals surface area contributed by atoms with Crippen LogP contribution in [0.15, 0.2) is 0 Å². The van der Waals surface area contributed by atoms with Crippen LogP contribution in [-0.4, -0.2) is 17.8 Å². The van der Waals surface area contributed by atoms with Crippen LogP contribution in [0.5, 0.6) is 0 Å². The summed E-state index contributed by atoms with van der Waals surface area (Å²) in [4.78, 5) is 10.7. The summed E-state index contributed by atoms with van der Waals surface area (Å²) >= 11 is 5.55. The van der Waals surface area contributed by atoms with Crippen LogP contribution in [0.3, 0.4) is 0 Å². The van der Waals surface area contributed by atoms with Crippen LogP contribution < -0.4 is 5.32 Å². The monoisotopic (exact) mass is 149 g/mol. The van der Waals surface area contributed by atoms with Crippen molar-refractivity contribution in [3.8, 4) is 0 Å². The number of hydrogen-bond donors (Lipinski definition) is 1. The maximum atomic E-state index is 10.7. The van der Waals surface area contributed by atoms with Crippen molar-refractivity contribution in [3.63, 3.8) is 0 Å². The van der Waals surface area contributed by atoms with Crippen molar-refractivity contribution in [2.75, 3.05) is 6.54 Å². The maximum Gasteiger partial charge on any atom is 0.221 e. The highest BCUT2D eigenvalue weighted by Crippen LogP contribution is 1.98. The molecule has 1 amide bonds. The molecule has 9 heavy (non-hydrogen) atoms. The first-order valence-corrected chi connectivity index (χ1v) is 3.51. The van der Waals surface area contributed by atoms with Crippen molar-refractivity contribution >= 4 is 17.5 Å². The summed E-state index contributed by atoms with van der Waals surface area (Å²) in [5.74, 6) is 0.0278. The number of nitrogens with one attached hydrogen (secondary N) is 1. The molecule has 0 saturated heterocycles. The average molecular weight is 150 g/mol. The largest absolute Gasteiger partial charge is 0.356 e. The highest BCUT2D eigenvalue weighted by molar-refractivity contribution is 6.21. The minimum Gasteiger partial charge on any atom is -0.356 e. The quantitative estimate of drug-likeness (QED) is 0.600. The van der Waals surface area contributed by atoms with E-state index in [0.717, 1.165) is 0 Å². The summed E-state index contributed by atoms with van der Waals surface area (Å²) in [6, 6.07) is 0. The lowest BCUT2D eigenvalue weighted by Crippen LogP contribution is -2.24. The van der Waals surface area contributed by atoms with Gasteiger partial charge in [0.05, 0.1) is 0 Å². The van der Waals surface area contributed by atoms with Crippen LogP contribution in [0, 0.1) is 0 Å². The number of alkyl halides is 1. The van der Waals surface area contributed by atoms with Gasteiger partial charge in [-0.25, -0.2) is 0 Å². The van der Waals surface area contributed by atoms with Gasteiger partial charge in [-0.15, -0.1) is 11.6 Å². The fourth-order valence-electron chi connectivity index (χ4n) is 0.525. The van der Waals surface area contributed by atoms with Crippen molar-refractivity contribution < 1.29 is 4.79 Å². The normalized spacial score (nSPS) is 12.8. The summed E-state index contributed by atoms with van der Waals surface area (Å²) in [5, 5.41) is 2.59. The summed E-state index contributed by atoms with van der Waals surface area (Å²) in [5.41, 5.74) is 0. The van der Waals surface area contributed by atoms with Crippen molar-refractivity contribution in [1.82, 2.24) is 5.32 Å². The molecule has 3 heteroatoms. The van der Waals surface area contributed by atoms with E-state index >= 15 is 0 Å². The molecule has 1 atom stereocenters. The van der Waals surface area contributed by atoms with Gasteiger partial charge in [0.1, 0.15) is 0 Å². The Hall–Kier alpha value is -0.240. The number of hydrogen-bond acceptors (Lipinski definition) is 1. The summed E-state index contributed by atoms with van der Waals surface area (Å²) in [6.07, 6.45) is 0.412. The molecule has 0 aliphatic carbocycles. The average Bonchev–Trinajstić information content (AvgIpc) is 1.63. The van der Waals surface area contributed by atoms with Gasteiger partial charge in [0.2, 0.25) is 5.91 Å². The fourth-order valence-corrected chi connectivity index (χ4v) is 0.665. The van der Waals surface area contributed by atoms with Gasteiger partial charge in [-0.05, 0) is 13.8 Å². The molecule has 1 unspecified atom stereocenters. The maximum absolute atomic E-state index is 10.7. The van der Waals surface area contributed by atoms with Gasteiger partial charge in [0, 0.05) is 18.3 Å². The second-order valence-corrected chi connectivity index (χ2v) is 2.68. The van der Waals surface area contributed by atoms with E-state index in [1.807, 2.05) is 6.92 Å². The highest BCUT2D eigenvalue weighted by atomic mass is 35.5. The van der Waals surface area contributed by atoms with Crippen molar-refractivity contribution in [1.29, 1.82) is 0 Å². The second kappa shape index (κ2) is 4.62. The summed E-state index contributed by atoms with van der Waals surface area (Å²) < 4.78 is 0. The van der Waals surface area contributed by atoms with Crippen LogP contribution in [-0.2, 0) is 4.79 Å². The minimum absolute atomic E-state index is 0.0278. The third-order valence-corrected chi connectivity index (χ3v) is 0.995. The first kappa shape index (κ1) is 8.76. The molecular weight excluding hydrogens is 138 g/mol. The molecular formula is C6H12ClNO. The van der Waals surface area contributed by atoms with Crippen LogP contribution in [0.4, 0.5) is 0 Å². The van der Waals surface area contributed by atoms with Gasteiger partial charge in [0.15, 0.2) is 0 Å². The number of halogens is 1. The molecule has 2 nitrogen and oxygen atoms in total. The molecule has 0 radical (unpaired) electrons. The molecule has 0 aliphatic rings. The van der Waals surface area contributed by atoms with Crippen molar-refractivity contribution in [2.45, 2.75) is 25.6 Å². The topological polar surface area (TPSA) is 29.1 Å². The van der Waals surface area contributed by atoms with E-state index in [1.54, 1.807) is 6.92 Å². The Morgan fingerprint density at radius 2 is 2.33 bits per heavy atom. The van der Waals surface area contributed by atoms with Crippen LogP contribution >= 0.6 is 11.6 Å². The standard InChI is InChI=1S/C6H12ClNO/c1-3-8-6(9)4-5(2)7/h5H,3-4H2,1-2H3,(H,8,9). The molecule has 1 N–H and O–H groups in total. The van der Waals surface area contributed by atoms with Crippen molar-refractivity contribution in [3.05, 3.63) is 0 Å². The zero-order valence-electron chi connectivity index (χ0n) is 5.78. The zero-order chi connectivity index (χ0) is 7.28. The van der Waals surface area contributed by atoms with Gasteiger partial charge < -0.3 is 5.32 Å². The van der Waals surface area contributed by atoms with Crippen LogP contribution in [0.25, 0.3) is 0 Å². The number of amides is 1. The van der Waals surface area contributed by atoms with E-state index in [1.165, 1.54) is 0 Å². The van der Waals surface area contributed by atoms with E-state index in [9.17, 15) is 4.79 Å². The predicted octanol–water partition coefficient (Wildman–Crippen LogP) is 1.14. The van der Waals surface area contributed by atoms with Gasteiger partial charge in [-0.3, -0.25) is 4.79 Å². The molecule has 0 rings (SSSR count). The molecule has 54 valence electrons. The number of rotatable bonds is 3. The highest BCUT2D eigenvalue weighted by Gasteiger charge is 2.02. The summed E-state index contributed by atoms with van der Waals surface area (Å²) in [7, 11) is 0. The molecule has 0 aromatic carbocycles. The molecule has 0 aromatic rings. The molecule has 0 spiro atoms. The Balaban J connectivity index is 3.27. The molecule has 0 saturated carbocycles. The smallest absolute Gasteiger partial charge is 0.221 e. The van der Waals surface area contributed by atoms with Gasteiger partial charge in [-0.2, -0.15) is 0 Å². The molecule has 0 fully saturated rings. The second-order valence-electron chi connectivity index (χ2n) is 1.94. The van der Waals surface area contributed by atoms with Gasteiger partial charge >= 0.3 is 0 Å². The lowest BCUT2D eigenvalue weighted by molar-refractivity contribution is -0.120. The lowest BCUT2D eigenvalue weighted by Gasteiger charge is -2.01. The Labute approximate surface area is 60.6 Å². The summed E-state index contributed by atoms with van der Waals surface area (Å²) in [6.45, 7) is 4.37. The number of carbonyl (C=O) groups excluding carboxylic acids is 1. The van der Waals surface area contributed by atoms with E-state index in [2.05, 4.69) is 5.32 Å². The Kier molecular flexibility index (Phi) is 4.50. The Morgan fingerprint density at radius 1 is 1.78 bits per heavy atom. The lowest BCUT2D eigenvalue weighted by atomic mass is 10.3. The van der Waals surface area contributed by atoms with E-state index in [0.29, 0.717) is 13.0 Å².